The maximum atomic E-state index is 11.9. The van der Waals surface area contributed by atoms with Crippen LogP contribution in [0.3, 0.4) is 0 Å². The van der Waals surface area contributed by atoms with Gasteiger partial charge in [-0.25, -0.2) is 4.79 Å². The molecule has 6 heteroatoms. The first-order chi connectivity index (χ1) is 9.72. The second kappa shape index (κ2) is 5.50. The van der Waals surface area contributed by atoms with E-state index in [1.807, 2.05) is 12.1 Å². The number of hydrogen-bond acceptors (Lipinski definition) is 4. The van der Waals surface area contributed by atoms with E-state index >= 15 is 0 Å². The Labute approximate surface area is 116 Å². The lowest BCUT2D eigenvalue weighted by Gasteiger charge is -2.12. The van der Waals surface area contributed by atoms with Crippen LogP contribution >= 0.6 is 0 Å². The van der Waals surface area contributed by atoms with Crippen molar-refractivity contribution in [3.63, 3.8) is 0 Å². The second-order valence-electron chi connectivity index (χ2n) is 4.89. The van der Waals surface area contributed by atoms with Gasteiger partial charge in [0.15, 0.2) is 0 Å². The first-order valence-corrected chi connectivity index (χ1v) is 6.69. The number of rotatable bonds is 3. The van der Waals surface area contributed by atoms with E-state index in [9.17, 15) is 9.59 Å². The number of carbonyl (C=O) groups excluding carboxylic acids is 2. The van der Waals surface area contributed by atoms with E-state index in [2.05, 4.69) is 10.6 Å². The molecule has 0 radical (unpaired) electrons. The normalized spacial score (nSPS) is 25.1. The Bertz CT molecular complexity index is 508. The number of anilines is 1. The fourth-order valence-electron chi connectivity index (χ4n) is 2.36. The lowest BCUT2D eigenvalue weighted by Crippen LogP contribution is -2.26. The molecule has 2 fully saturated rings. The maximum absolute atomic E-state index is 11.9. The molecular formula is C14H16N2O4. The fourth-order valence-corrected chi connectivity index (χ4v) is 2.36. The van der Waals surface area contributed by atoms with Crippen molar-refractivity contribution in [1.29, 1.82) is 0 Å². The summed E-state index contributed by atoms with van der Waals surface area (Å²) in [7, 11) is 0. The number of carbonyl (C=O) groups is 2. The Morgan fingerprint density at radius 3 is 2.70 bits per heavy atom. The van der Waals surface area contributed by atoms with Crippen LogP contribution in [0, 0.1) is 0 Å². The van der Waals surface area contributed by atoms with Gasteiger partial charge in [-0.2, -0.15) is 0 Å². The van der Waals surface area contributed by atoms with Gasteiger partial charge in [-0.3, -0.25) is 4.79 Å². The molecule has 3 rings (SSSR count). The Kier molecular flexibility index (Phi) is 3.56. The van der Waals surface area contributed by atoms with E-state index in [1.165, 1.54) is 0 Å². The zero-order chi connectivity index (χ0) is 13.9. The number of hydrogen-bond donors (Lipinski definition) is 2. The largest absolute Gasteiger partial charge is 0.439 e. The van der Waals surface area contributed by atoms with Crippen molar-refractivity contribution >= 4 is 17.7 Å². The van der Waals surface area contributed by atoms with Gasteiger partial charge in [0, 0.05) is 12.3 Å². The molecule has 0 bridgehead atoms. The third-order valence-electron chi connectivity index (χ3n) is 3.45. The van der Waals surface area contributed by atoms with Crippen LogP contribution in [0.4, 0.5) is 10.5 Å². The third kappa shape index (κ3) is 2.75. The summed E-state index contributed by atoms with van der Waals surface area (Å²) in [5.41, 5.74) is 1.62. The molecule has 2 heterocycles. The van der Waals surface area contributed by atoms with Gasteiger partial charge < -0.3 is 20.1 Å². The fraction of sp³-hybridized carbons (Fsp3) is 0.429. The average Bonchev–Trinajstić information content (AvgIpc) is 3.10. The minimum absolute atomic E-state index is 0.107. The van der Waals surface area contributed by atoms with Crippen LogP contribution in [-0.2, 0) is 14.3 Å². The van der Waals surface area contributed by atoms with Gasteiger partial charge in [0.2, 0.25) is 0 Å². The summed E-state index contributed by atoms with van der Waals surface area (Å²) in [5, 5.41) is 5.43. The molecule has 2 N–H and O–H groups in total. The lowest BCUT2D eigenvalue weighted by molar-refractivity contribution is -0.124. The van der Waals surface area contributed by atoms with Crippen molar-refractivity contribution in [3.8, 4) is 0 Å². The second-order valence-corrected chi connectivity index (χ2v) is 4.89. The summed E-state index contributed by atoms with van der Waals surface area (Å²) in [6.07, 6.45) is 0.705. The Balaban J connectivity index is 1.61. The summed E-state index contributed by atoms with van der Waals surface area (Å²) in [6.45, 7) is 1.12. The van der Waals surface area contributed by atoms with Crippen LogP contribution in [0.5, 0.6) is 0 Å². The number of alkyl carbamates (subject to hydrolysis) is 1. The number of ether oxygens (including phenoxy) is 2. The molecule has 2 aliphatic heterocycles. The number of cyclic esters (lactones) is 1. The van der Waals surface area contributed by atoms with E-state index in [-0.39, 0.29) is 18.1 Å². The van der Waals surface area contributed by atoms with E-state index in [4.69, 9.17) is 9.47 Å². The molecule has 0 saturated carbocycles. The maximum Gasteiger partial charge on any atom is 0.407 e. The van der Waals surface area contributed by atoms with E-state index < -0.39 is 6.09 Å². The van der Waals surface area contributed by atoms with Gasteiger partial charge in [0.05, 0.1) is 6.54 Å². The highest BCUT2D eigenvalue weighted by Crippen LogP contribution is 2.23. The number of benzene rings is 1. The van der Waals surface area contributed by atoms with Crippen molar-refractivity contribution in [2.75, 3.05) is 18.5 Å². The molecule has 0 spiro atoms. The predicted octanol–water partition coefficient (Wildman–Crippen LogP) is 1.58. The molecule has 106 valence electrons. The Morgan fingerprint density at radius 1 is 1.30 bits per heavy atom. The van der Waals surface area contributed by atoms with Crippen LogP contribution in [-0.4, -0.2) is 31.3 Å². The summed E-state index contributed by atoms with van der Waals surface area (Å²) in [4.78, 5) is 22.9. The molecule has 0 aromatic heterocycles. The van der Waals surface area contributed by atoms with Gasteiger partial charge in [-0.1, -0.05) is 12.1 Å². The van der Waals surface area contributed by atoms with Crippen LogP contribution in [0.2, 0.25) is 0 Å². The summed E-state index contributed by atoms with van der Waals surface area (Å²) >= 11 is 0. The quantitative estimate of drug-likeness (QED) is 0.879. The predicted molar refractivity (Wildman–Crippen MR) is 71.3 cm³/mol. The highest BCUT2D eigenvalue weighted by molar-refractivity contribution is 5.94. The van der Waals surface area contributed by atoms with E-state index in [0.29, 0.717) is 18.8 Å². The van der Waals surface area contributed by atoms with Crippen molar-refractivity contribution in [2.24, 2.45) is 0 Å². The Hall–Kier alpha value is -2.08. The van der Waals surface area contributed by atoms with Crippen molar-refractivity contribution in [2.45, 2.75) is 25.0 Å². The van der Waals surface area contributed by atoms with Gasteiger partial charge in [-0.05, 0) is 30.5 Å². The average molecular weight is 276 g/mol. The molecule has 0 aliphatic carbocycles. The smallest absolute Gasteiger partial charge is 0.407 e. The lowest BCUT2D eigenvalue weighted by atomic mass is 10.1. The van der Waals surface area contributed by atoms with Gasteiger partial charge in [-0.15, -0.1) is 0 Å². The molecule has 2 aliphatic rings. The molecular weight excluding hydrogens is 260 g/mol. The minimum atomic E-state index is -0.397. The van der Waals surface area contributed by atoms with Crippen molar-refractivity contribution in [3.05, 3.63) is 29.8 Å². The topological polar surface area (TPSA) is 76.7 Å². The molecule has 1 aromatic rings. The van der Waals surface area contributed by atoms with Crippen molar-refractivity contribution in [1.82, 2.24) is 5.32 Å². The zero-order valence-corrected chi connectivity index (χ0v) is 10.9. The van der Waals surface area contributed by atoms with Gasteiger partial charge in [0.25, 0.3) is 5.91 Å². The first-order valence-electron chi connectivity index (χ1n) is 6.69. The summed E-state index contributed by atoms with van der Waals surface area (Å²) < 4.78 is 10.4. The Morgan fingerprint density at radius 2 is 2.10 bits per heavy atom. The van der Waals surface area contributed by atoms with Crippen LogP contribution in [0.1, 0.15) is 24.5 Å². The third-order valence-corrected chi connectivity index (χ3v) is 3.45. The standard InChI is InChI=1S/C14H16N2O4/c17-13(11-2-1-7-19-11)16-10-5-3-9(4-6-10)12-8-15-14(18)20-12/h3-6,11-12H,1-2,7-8H2,(H,15,18)(H,16,17). The van der Waals surface area contributed by atoms with E-state index in [1.54, 1.807) is 12.1 Å². The molecule has 2 atom stereocenters. The molecule has 2 saturated heterocycles. The van der Waals surface area contributed by atoms with Crippen LogP contribution in [0.25, 0.3) is 0 Å². The SMILES string of the molecule is O=C1NCC(c2ccc(NC(=O)C3CCCO3)cc2)O1. The van der Waals surface area contributed by atoms with Gasteiger partial charge >= 0.3 is 6.09 Å². The monoisotopic (exact) mass is 276 g/mol. The van der Waals surface area contributed by atoms with E-state index in [0.717, 1.165) is 18.4 Å². The molecule has 2 amide bonds. The zero-order valence-electron chi connectivity index (χ0n) is 10.9. The summed E-state index contributed by atoms with van der Waals surface area (Å²) in [5.74, 6) is -0.107. The van der Waals surface area contributed by atoms with Crippen molar-refractivity contribution < 1.29 is 19.1 Å². The molecule has 1 aromatic carbocycles. The van der Waals surface area contributed by atoms with Gasteiger partial charge in [0.1, 0.15) is 12.2 Å². The first kappa shape index (κ1) is 12.9. The minimum Gasteiger partial charge on any atom is -0.439 e. The molecule has 6 nitrogen and oxygen atoms in total. The summed E-state index contributed by atoms with van der Waals surface area (Å²) in [6, 6.07) is 7.29. The highest BCUT2D eigenvalue weighted by Gasteiger charge is 2.25. The van der Waals surface area contributed by atoms with Crippen LogP contribution in [0.15, 0.2) is 24.3 Å². The molecule has 20 heavy (non-hydrogen) atoms. The molecule has 2 unspecified atom stereocenters. The number of amides is 2. The van der Waals surface area contributed by atoms with Crippen LogP contribution < -0.4 is 10.6 Å². The highest BCUT2D eigenvalue weighted by atomic mass is 16.6. The number of nitrogens with one attached hydrogen (secondary N) is 2.